The Kier molecular flexibility index (Phi) is 12.4. The van der Waals surface area contributed by atoms with Crippen molar-refractivity contribution < 1.29 is 28.7 Å². The number of allylic oxidation sites excluding steroid dienone is 1. The number of carbonyl (C=O) groups is 4. The predicted molar refractivity (Wildman–Crippen MR) is 253 cm³/mol. The third-order valence-electron chi connectivity index (χ3n) is 15.2. The molecule has 0 radical (unpaired) electrons. The average Bonchev–Trinajstić information content (AvgIpc) is 4.14. The third-order valence-corrected chi connectivity index (χ3v) is 16.4. The quantitative estimate of drug-likeness (QED) is 0.180. The summed E-state index contributed by atoms with van der Waals surface area (Å²) < 4.78 is 9.78. The molecule has 1 spiro atoms. The Morgan fingerprint density at radius 3 is 2.19 bits per heavy atom. The first-order valence-corrected chi connectivity index (χ1v) is 24.5. The number of rotatable bonds is 12. The molecule has 4 atom stereocenters. The van der Waals surface area contributed by atoms with E-state index < -0.39 is 18.1 Å². The fourth-order valence-corrected chi connectivity index (χ4v) is 12.6. The standard InChI is InChI=1S/C52H63N5O6S/c1-30(2)38(28-46(58)62-5)49(59)56-23-9-13-43(56)41-26-33-25-32(14-17-39(33)54-41)35-15-16-36(37-11-7-20-52(47(35)37)21-10-22-52)45-19-18-44(64-45)34-27-40(53-29-34)42-12-8-24-57(42)50(60)48(31(3)4)55-51(61)63-6/h14-19,25,29-31,38,42-43,48H,7-13,20-24,26-28H2,1-6H3,(H,55,61)/t38-,42-,43-,48-/m0/s1. The second kappa shape index (κ2) is 18.1. The zero-order valence-corrected chi connectivity index (χ0v) is 39.2. The summed E-state index contributed by atoms with van der Waals surface area (Å²) in [6.07, 6.45) is 13.7. The molecular formula is C52H63N5O6S. The Hall–Kier alpha value is -5.10. The van der Waals surface area contributed by atoms with Gasteiger partial charge in [0.1, 0.15) is 6.04 Å². The van der Waals surface area contributed by atoms with Crippen LogP contribution in [0, 0.1) is 17.8 Å². The number of amides is 3. The highest BCUT2D eigenvalue weighted by atomic mass is 32.1. The summed E-state index contributed by atoms with van der Waals surface area (Å²) in [5.41, 5.74) is 12.7. The molecule has 338 valence electrons. The summed E-state index contributed by atoms with van der Waals surface area (Å²) in [5, 5.41) is 2.76. The Morgan fingerprint density at radius 1 is 0.797 bits per heavy atom. The Labute approximate surface area is 381 Å². The number of esters is 1. The van der Waals surface area contributed by atoms with E-state index in [1.807, 2.05) is 55.0 Å². The number of aliphatic imine (C=N–C) groups is 2. The molecule has 1 aromatic heterocycles. The van der Waals surface area contributed by atoms with E-state index in [0.29, 0.717) is 19.5 Å². The maximum absolute atomic E-state index is 13.9. The molecule has 6 aliphatic rings. The van der Waals surface area contributed by atoms with E-state index in [9.17, 15) is 19.2 Å². The van der Waals surface area contributed by atoms with Crippen molar-refractivity contribution in [3.8, 4) is 21.6 Å². The lowest BCUT2D eigenvalue weighted by Gasteiger charge is -2.48. The third kappa shape index (κ3) is 8.13. The number of hydrogen-bond acceptors (Lipinski definition) is 9. The number of benzene rings is 2. The highest BCUT2D eigenvalue weighted by molar-refractivity contribution is 7.16. The van der Waals surface area contributed by atoms with Crippen LogP contribution in [0.1, 0.15) is 120 Å². The molecule has 9 rings (SSSR count). The molecule has 11 nitrogen and oxygen atoms in total. The van der Waals surface area contributed by atoms with Crippen molar-refractivity contribution in [3.63, 3.8) is 0 Å². The van der Waals surface area contributed by atoms with E-state index in [2.05, 4.69) is 47.8 Å². The second-order valence-electron chi connectivity index (χ2n) is 19.6. The highest BCUT2D eigenvalue weighted by Gasteiger charge is 2.45. The number of fused-ring (bicyclic) bond motifs is 3. The van der Waals surface area contributed by atoms with Gasteiger partial charge >= 0.3 is 12.1 Å². The van der Waals surface area contributed by atoms with E-state index >= 15 is 0 Å². The minimum absolute atomic E-state index is 0.0282. The summed E-state index contributed by atoms with van der Waals surface area (Å²) in [4.78, 5) is 68.6. The second-order valence-corrected chi connectivity index (χ2v) is 20.7. The summed E-state index contributed by atoms with van der Waals surface area (Å²) >= 11 is 1.84. The largest absolute Gasteiger partial charge is 0.469 e. The van der Waals surface area contributed by atoms with Gasteiger partial charge in [0, 0.05) is 53.3 Å². The summed E-state index contributed by atoms with van der Waals surface area (Å²) in [5.74, 6) is -0.847. The molecule has 1 N–H and O–H groups in total. The van der Waals surface area contributed by atoms with Gasteiger partial charge in [-0.05, 0) is 138 Å². The molecule has 2 saturated heterocycles. The van der Waals surface area contributed by atoms with Gasteiger partial charge in [-0.1, -0.05) is 52.3 Å². The lowest BCUT2D eigenvalue weighted by Crippen LogP contribution is -2.53. The van der Waals surface area contributed by atoms with Crippen LogP contribution in [0.4, 0.5) is 10.5 Å². The summed E-state index contributed by atoms with van der Waals surface area (Å²) in [6, 6.07) is 15.3. The molecule has 1 saturated carbocycles. The van der Waals surface area contributed by atoms with Crippen molar-refractivity contribution in [1.82, 2.24) is 15.1 Å². The molecule has 12 heteroatoms. The molecule has 0 unspecified atom stereocenters. The smallest absolute Gasteiger partial charge is 0.407 e. The maximum Gasteiger partial charge on any atom is 0.407 e. The van der Waals surface area contributed by atoms with Crippen molar-refractivity contribution in [2.24, 2.45) is 27.7 Å². The lowest BCUT2D eigenvalue weighted by molar-refractivity contribution is -0.148. The Bertz CT molecular complexity index is 2440. The van der Waals surface area contributed by atoms with Gasteiger partial charge in [0.05, 0.1) is 44.3 Å². The normalized spacial score (nSPS) is 21.8. The van der Waals surface area contributed by atoms with Crippen LogP contribution in [-0.2, 0) is 42.1 Å². The minimum Gasteiger partial charge on any atom is -0.469 e. The van der Waals surface area contributed by atoms with Gasteiger partial charge < -0.3 is 24.6 Å². The number of alkyl carbamates (subject to hydrolysis) is 1. The van der Waals surface area contributed by atoms with Gasteiger partial charge in [-0.15, -0.1) is 11.3 Å². The molecule has 3 aromatic rings. The first kappa shape index (κ1) is 44.1. The van der Waals surface area contributed by atoms with Crippen LogP contribution < -0.4 is 5.32 Å². The van der Waals surface area contributed by atoms with Crippen LogP contribution >= 0.6 is 11.3 Å². The van der Waals surface area contributed by atoms with Crippen molar-refractivity contribution >= 4 is 57.9 Å². The van der Waals surface area contributed by atoms with Crippen molar-refractivity contribution in [1.29, 1.82) is 0 Å². The Balaban J connectivity index is 0.934. The first-order valence-electron chi connectivity index (χ1n) is 23.6. The van der Waals surface area contributed by atoms with Crippen molar-refractivity contribution in [2.45, 2.75) is 135 Å². The molecular weight excluding hydrogens is 823 g/mol. The molecule has 4 aliphatic heterocycles. The van der Waals surface area contributed by atoms with E-state index in [4.69, 9.17) is 19.5 Å². The average molecular weight is 886 g/mol. The van der Waals surface area contributed by atoms with Gasteiger partial charge in [-0.2, -0.15) is 0 Å². The highest BCUT2D eigenvalue weighted by Crippen LogP contribution is 2.56. The van der Waals surface area contributed by atoms with Crippen LogP contribution in [-0.4, -0.2) is 90.5 Å². The van der Waals surface area contributed by atoms with Crippen LogP contribution in [0.2, 0.25) is 0 Å². The Morgan fingerprint density at radius 2 is 1.50 bits per heavy atom. The predicted octanol–water partition coefficient (Wildman–Crippen LogP) is 9.85. The minimum atomic E-state index is -0.653. The van der Waals surface area contributed by atoms with Crippen molar-refractivity contribution in [3.05, 3.63) is 70.2 Å². The van der Waals surface area contributed by atoms with Crippen LogP contribution in [0.5, 0.6) is 0 Å². The fourth-order valence-electron chi connectivity index (χ4n) is 11.6. The van der Waals surface area contributed by atoms with E-state index in [0.717, 1.165) is 55.6 Å². The van der Waals surface area contributed by atoms with Gasteiger partial charge in [-0.25, -0.2) is 4.79 Å². The monoisotopic (exact) mass is 885 g/mol. The number of nitrogens with one attached hydrogen (secondary N) is 1. The molecule has 64 heavy (non-hydrogen) atoms. The number of ether oxygens (including phenoxy) is 2. The fraction of sp³-hybridized carbons (Fsp3) is 0.538. The van der Waals surface area contributed by atoms with E-state index in [-0.39, 0.29) is 53.5 Å². The molecule has 0 bridgehead atoms. The molecule has 3 fully saturated rings. The number of nitrogens with zero attached hydrogens (tertiary/aromatic N) is 4. The SMILES string of the molecule is COC(=O)C[C@H](C(=O)N1CCC[C@H]1C1=Nc2ccc(-c3ccc(-c4ccc(C5=CN=C([C@@H]6CCCN6C(=O)[C@@H](NC(=O)OC)C(C)C)C5)s4)c4c3C3(CCC4)CCC3)cc2C1)C(C)C. The van der Waals surface area contributed by atoms with E-state index in [1.54, 1.807) is 5.56 Å². The topological polar surface area (TPSA) is 130 Å². The number of hydrogen-bond donors (Lipinski definition) is 1. The summed E-state index contributed by atoms with van der Waals surface area (Å²) in [7, 11) is 2.70. The number of thiophene rings is 1. The maximum atomic E-state index is 13.9. The molecule has 2 aliphatic carbocycles. The number of likely N-dealkylation sites (tertiary alicyclic amines) is 2. The number of methoxy groups -OCH3 is 2. The van der Waals surface area contributed by atoms with E-state index in [1.165, 1.54) is 89.5 Å². The van der Waals surface area contributed by atoms with Crippen LogP contribution in [0.3, 0.4) is 0 Å². The zero-order chi connectivity index (χ0) is 44.9. The van der Waals surface area contributed by atoms with Crippen LogP contribution in [0.15, 0.2) is 58.6 Å². The first-order chi connectivity index (χ1) is 30.9. The molecule has 2 aromatic carbocycles. The number of carbonyl (C=O) groups excluding carboxylic acids is 4. The van der Waals surface area contributed by atoms with Gasteiger partial charge in [0.15, 0.2) is 0 Å². The molecule has 3 amide bonds. The molecule has 5 heterocycles. The zero-order valence-electron chi connectivity index (χ0n) is 38.3. The van der Waals surface area contributed by atoms with Crippen molar-refractivity contribution in [2.75, 3.05) is 27.3 Å². The lowest BCUT2D eigenvalue weighted by atomic mass is 9.56. The van der Waals surface area contributed by atoms with Gasteiger partial charge in [0.25, 0.3) is 0 Å². The van der Waals surface area contributed by atoms with Gasteiger partial charge in [0.2, 0.25) is 11.8 Å². The van der Waals surface area contributed by atoms with Crippen LogP contribution in [0.25, 0.3) is 27.1 Å². The van der Waals surface area contributed by atoms with Gasteiger partial charge in [-0.3, -0.25) is 24.4 Å². The summed E-state index contributed by atoms with van der Waals surface area (Å²) in [6.45, 7) is 9.23.